The molecule has 0 saturated heterocycles. The summed E-state index contributed by atoms with van der Waals surface area (Å²) in [6.45, 7) is 0.775. The first kappa shape index (κ1) is 18.9. The Morgan fingerprint density at radius 1 is 0.700 bits per heavy atom. The van der Waals surface area contributed by atoms with Crippen molar-refractivity contribution in [2.24, 2.45) is 0 Å². The van der Waals surface area contributed by atoms with Crippen molar-refractivity contribution >= 4 is 10.9 Å². The molecule has 0 bridgehead atoms. The lowest BCUT2D eigenvalue weighted by molar-refractivity contribution is -0.666. The number of hydrogen-bond donors (Lipinski definition) is 0. The van der Waals surface area contributed by atoms with E-state index in [2.05, 4.69) is 95.6 Å². The maximum Gasteiger partial charge on any atom is 0.374 e. The molecule has 2 heteroatoms. The first-order valence-corrected chi connectivity index (χ1v) is 11.1. The molecule has 0 aliphatic heterocycles. The fourth-order valence-corrected chi connectivity index (χ4v) is 4.63. The van der Waals surface area contributed by atoms with Gasteiger partial charge < -0.3 is 4.74 Å². The molecule has 4 aromatic rings. The van der Waals surface area contributed by atoms with Gasteiger partial charge in [-0.05, 0) is 48.6 Å². The second-order valence-electron chi connectivity index (χ2n) is 8.31. The summed E-state index contributed by atoms with van der Waals surface area (Å²) in [5.41, 5.74) is 3.90. The molecule has 0 atom stereocenters. The molecule has 0 radical (unpaired) electrons. The highest BCUT2D eigenvalue weighted by Gasteiger charge is 2.19. The van der Waals surface area contributed by atoms with E-state index in [9.17, 15) is 0 Å². The van der Waals surface area contributed by atoms with Crippen molar-refractivity contribution in [1.82, 2.24) is 0 Å². The summed E-state index contributed by atoms with van der Waals surface area (Å²) in [7, 11) is 0. The molecule has 1 fully saturated rings. The van der Waals surface area contributed by atoms with Crippen molar-refractivity contribution in [2.45, 2.75) is 44.6 Å². The third kappa shape index (κ3) is 4.09. The number of ether oxygens (including phenoxy) is 1. The van der Waals surface area contributed by atoms with Gasteiger partial charge in [0.05, 0.1) is 6.07 Å². The third-order valence-electron chi connectivity index (χ3n) is 6.26. The van der Waals surface area contributed by atoms with Crippen molar-refractivity contribution in [3.63, 3.8) is 0 Å². The maximum atomic E-state index is 6.40. The van der Waals surface area contributed by atoms with Crippen LogP contribution in [0.2, 0.25) is 0 Å². The molecule has 1 aliphatic carbocycles. The van der Waals surface area contributed by atoms with Gasteiger partial charge in [0.1, 0.15) is 5.75 Å². The second-order valence-corrected chi connectivity index (χ2v) is 8.31. The van der Waals surface area contributed by atoms with Crippen molar-refractivity contribution in [3.8, 4) is 11.6 Å². The molecule has 5 rings (SSSR count). The number of aromatic nitrogens is 1. The van der Waals surface area contributed by atoms with E-state index in [0.29, 0.717) is 0 Å². The third-order valence-corrected chi connectivity index (χ3v) is 6.26. The van der Waals surface area contributed by atoms with Gasteiger partial charge in [-0.2, -0.15) is 4.57 Å². The standard InChI is InChI=1S/C28H28NO/c1-3-9-22(10-4-1)21-29-27-14-8-7-13-25(27)17-20-28(29)30-26-18-15-24(16-19-26)23-11-5-2-6-12-23/h1,3-4,7-10,13-20,23H,2,5-6,11-12,21H2/q+1. The van der Waals surface area contributed by atoms with E-state index in [1.165, 1.54) is 54.1 Å². The Morgan fingerprint density at radius 2 is 1.43 bits per heavy atom. The molecule has 1 aromatic heterocycles. The fraction of sp³-hybridized carbons (Fsp3) is 0.250. The molecule has 0 unspecified atom stereocenters. The molecule has 0 spiro atoms. The maximum absolute atomic E-state index is 6.40. The Hall–Kier alpha value is -3.13. The van der Waals surface area contributed by atoms with Gasteiger partial charge >= 0.3 is 5.88 Å². The number of hydrogen-bond acceptors (Lipinski definition) is 1. The Labute approximate surface area is 178 Å². The first-order valence-electron chi connectivity index (χ1n) is 11.1. The number of fused-ring (bicyclic) bond motifs is 1. The predicted molar refractivity (Wildman–Crippen MR) is 122 cm³/mol. The monoisotopic (exact) mass is 394 g/mol. The van der Waals surface area contributed by atoms with E-state index in [4.69, 9.17) is 4.74 Å². The van der Waals surface area contributed by atoms with Crippen LogP contribution in [-0.4, -0.2) is 0 Å². The number of para-hydroxylation sites is 1. The minimum absolute atomic E-state index is 0.719. The summed E-state index contributed by atoms with van der Waals surface area (Å²) in [4.78, 5) is 0. The minimum atomic E-state index is 0.719. The highest BCUT2D eigenvalue weighted by Crippen LogP contribution is 2.33. The zero-order valence-corrected chi connectivity index (χ0v) is 17.3. The summed E-state index contributed by atoms with van der Waals surface area (Å²) in [5.74, 6) is 2.48. The first-order chi connectivity index (χ1) is 14.9. The van der Waals surface area contributed by atoms with E-state index in [-0.39, 0.29) is 0 Å². The SMILES string of the molecule is c1ccc(C[n+]2c(Oc3ccc(C4CCCCC4)cc3)ccc3ccccc32)cc1. The zero-order valence-electron chi connectivity index (χ0n) is 17.3. The van der Waals surface area contributed by atoms with Crippen molar-refractivity contribution in [1.29, 1.82) is 0 Å². The van der Waals surface area contributed by atoms with Crippen LogP contribution in [0.1, 0.15) is 49.1 Å². The Balaban J connectivity index is 1.45. The molecule has 1 heterocycles. The minimum Gasteiger partial charge on any atom is -0.405 e. The summed E-state index contributed by atoms with van der Waals surface area (Å²) in [6.07, 6.45) is 6.75. The predicted octanol–water partition coefficient (Wildman–Crippen LogP) is 7.02. The van der Waals surface area contributed by atoms with Crippen LogP contribution in [0, 0.1) is 0 Å². The lowest BCUT2D eigenvalue weighted by Gasteiger charge is -2.22. The van der Waals surface area contributed by atoms with Crippen LogP contribution >= 0.6 is 0 Å². The largest absolute Gasteiger partial charge is 0.405 e. The highest BCUT2D eigenvalue weighted by molar-refractivity contribution is 5.75. The zero-order chi connectivity index (χ0) is 20.2. The topological polar surface area (TPSA) is 13.1 Å². The molecule has 3 aromatic carbocycles. The van der Waals surface area contributed by atoms with Gasteiger partial charge in [0.2, 0.25) is 5.52 Å². The molecule has 1 aliphatic rings. The number of pyridine rings is 1. The van der Waals surface area contributed by atoms with Gasteiger partial charge in [-0.25, -0.2) is 0 Å². The number of rotatable bonds is 5. The van der Waals surface area contributed by atoms with E-state index in [0.717, 1.165) is 24.1 Å². The van der Waals surface area contributed by atoms with Crippen LogP contribution in [0.15, 0.2) is 91.0 Å². The molecule has 30 heavy (non-hydrogen) atoms. The molecule has 150 valence electrons. The van der Waals surface area contributed by atoms with Crippen LogP contribution in [-0.2, 0) is 6.54 Å². The van der Waals surface area contributed by atoms with Crippen LogP contribution in [0.25, 0.3) is 10.9 Å². The quantitative estimate of drug-likeness (QED) is 0.332. The summed E-state index contributed by atoms with van der Waals surface area (Å²) < 4.78 is 8.66. The molecule has 0 N–H and O–H groups in total. The smallest absolute Gasteiger partial charge is 0.374 e. The lowest BCUT2D eigenvalue weighted by atomic mass is 9.84. The molecular formula is C28H28NO+. The van der Waals surface area contributed by atoms with Gasteiger partial charge in [0, 0.05) is 17.0 Å². The average molecular weight is 395 g/mol. The Morgan fingerprint density at radius 3 is 2.23 bits per heavy atom. The highest BCUT2D eigenvalue weighted by atomic mass is 16.5. The van der Waals surface area contributed by atoms with Crippen molar-refractivity contribution < 1.29 is 9.30 Å². The lowest BCUT2D eigenvalue weighted by Crippen LogP contribution is -2.36. The molecule has 2 nitrogen and oxygen atoms in total. The fourth-order valence-electron chi connectivity index (χ4n) is 4.63. The molecule has 1 saturated carbocycles. The van der Waals surface area contributed by atoms with Gasteiger partial charge in [0.15, 0.2) is 6.54 Å². The van der Waals surface area contributed by atoms with Crippen molar-refractivity contribution in [3.05, 3.63) is 102 Å². The Kier molecular flexibility index (Phi) is 5.48. The second kappa shape index (κ2) is 8.71. The van der Waals surface area contributed by atoms with Gasteiger partial charge in [0.25, 0.3) is 0 Å². The van der Waals surface area contributed by atoms with Crippen LogP contribution in [0.3, 0.4) is 0 Å². The van der Waals surface area contributed by atoms with Crippen LogP contribution in [0.4, 0.5) is 0 Å². The van der Waals surface area contributed by atoms with Crippen LogP contribution < -0.4 is 9.30 Å². The Bertz CT molecular complexity index is 1110. The van der Waals surface area contributed by atoms with E-state index >= 15 is 0 Å². The normalized spacial score (nSPS) is 14.7. The summed E-state index contributed by atoms with van der Waals surface area (Å²) in [6, 6.07) is 32.1. The summed E-state index contributed by atoms with van der Waals surface area (Å²) in [5, 5.41) is 1.22. The van der Waals surface area contributed by atoms with Gasteiger partial charge in [-0.15, -0.1) is 0 Å². The van der Waals surface area contributed by atoms with Gasteiger partial charge in [-0.1, -0.05) is 73.9 Å². The van der Waals surface area contributed by atoms with E-state index in [1.807, 2.05) is 0 Å². The van der Waals surface area contributed by atoms with Crippen LogP contribution in [0.5, 0.6) is 11.6 Å². The van der Waals surface area contributed by atoms with E-state index in [1.54, 1.807) is 0 Å². The summed E-state index contributed by atoms with van der Waals surface area (Å²) >= 11 is 0. The van der Waals surface area contributed by atoms with Gasteiger partial charge in [-0.3, -0.25) is 0 Å². The number of benzene rings is 3. The average Bonchev–Trinajstić information content (AvgIpc) is 2.82. The molecular weight excluding hydrogens is 366 g/mol. The van der Waals surface area contributed by atoms with Crippen molar-refractivity contribution in [2.75, 3.05) is 0 Å². The number of nitrogens with zero attached hydrogens (tertiary/aromatic N) is 1. The van der Waals surface area contributed by atoms with E-state index < -0.39 is 0 Å². The molecule has 0 amide bonds.